The van der Waals surface area contributed by atoms with Crippen molar-refractivity contribution in [1.29, 1.82) is 0 Å². The maximum absolute atomic E-state index is 12.8. The molecule has 1 aliphatic rings. The van der Waals surface area contributed by atoms with Gasteiger partial charge in [-0.15, -0.1) is 11.6 Å². The van der Waals surface area contributed by atoms with Crippen LogP contribution >= 0.6 is 11.6 Å². The summed E-state index contributed by atoms with van der Waals surface area (Å²) in [6, 6.07) is 3.62. The molecule has 1 heterocycles. The third kappa shape index (κ3) is 2.86. The summed E-state index contributed by atoms with van der Waals surface area (Å²) in [5, 5.41) is 0. The molecule has 112 valence electrons. The quantitative estimate of drug-likeness (QED) is 0.801. The van der Waals surface area contributed by atoms with Crippen LogP contribution in [0.3, 0.4) is 0 Å². The van der Waals surface area contributed by atoms with Gasteiger partial charge in [0.25, 0.3) is 0 Å². The van der Waals surface area contributed by atoms with Crippen molar-refractivity contribution in [2.75, 3.05) is 20.2 Å². The molecule has 1 aromatic rings. The summed E-state index contributed by atoms with van der Waals surface area (Å²) in [7, 11) is -1.86. The Morgan fingerprint density at radius 2 is 2.10 bits per heavy atom. The van der Waals surface area contributed by atoms with Crippen molar-refractivity contribution in [3.05, 3.63) is 28.8 Å². The topological polar surface area (TPSA) is 46.6 Å². The van der Waals surface area contributed by atoms with E-state index >= 15 is 0 Å². The fraction of sp³-hybridized carbons (Fsp3) is 0.571. The third-order valence-corrected chi connectivity index (χ3v) is 6.19. The van der Waals surface area contributed by atoms with E-state index in [0.29, 0.717) is 23.9 Å². The first-order chi connectivity index (χ1) is 9.40. The summed E-state index contributed by atoms with van der Waals surface area (Å²) in [5.41, 5.74) is 2.57. The molecular weight excluding hydrogens is 298 g/mol. The number of rotatable bonds is 4. The number of hydrogen-bond donors (Lipinski definition) is 0. The van der Waals surface area contributed by atoms with E-state index in [0.717, 1.165) is 23.1 Å². The summed E-state index contributed by atoms with van der Waals surface area (Å²) < 4.78 is 32.3. The van der Waals surface area contributed by atoms with Crippen LogP contribution in [0.2, 0.25) is 0 Å². The Hall–Kier alpha value is -0.620. The highest BCUT2D eigenvalue weighted by atomic mass is 35.5. The van der Waals surface area contributed by atoms with Gasteiger partial charge in [0.2, 0.25) is 10.0 Å². The standard InChI is InChI=1S/C14H20ClNO3S/c1-10-6-12(8-15)7-14(11(10)2)20(17,18)16-5-4-13(9-16)19-3/h6-7,13H,4-5,8-9H2,1-3H3. The van der Waals surface area contributed by atoms with Gasteiger partial charge < -0.3 is 4.74 Å². The van der Waals surface area contributed by atoms with Crippen LogP contribution in [-0.2, 0) is 20.6 Å². The fourth-order valence-corrected chi connectivity index (χ4v) is 4.48. The molecule has 1 aromatic carbocycles. The molecule has 4 nitrogen and oxygen atoms in total. The zero-order chi connectivity index (χ0) is 14.9. The molecule has 20 heavy (non-hydrogen) atoms. The summed E-state index contributed by atoms with van der Waals surface area (Å²) in [6.45, 7) is 4.67. The summed E-state index contributed by atoms with van der Waals surface area (Å²) >= 11 is 5.85. The lowest BCUT2D eigenvalue weighted by Crippen LogP contribution is -2.30. The lowest BCUT2D eigenvalue weighted by Gasteiger charge is -2.19. The van der Waals surface area contributed by atoms with E-state index in [4.69, 9.17) is 16.3 Å². The van der Waals surface area contributed by atoms with Gasteiger partial charge in [-0.2, -0.15) is 4.31 Å². The first kappa shape index (κ1) is 15.8. The highest BCUT2D eigenvalue weighted by Gasteiger charge is 2.33. The Morgan fingerprint density at radius 3 is 2.65 bits per heavy atom. The lowest BCUT2D eigenvalue weighted by atomic mass is 10.1. The van der Waals surface area contributed by atoms with Crippen molar-refractivity contribution in [2.24, 2.45) is 0 Å². The summed E-state index contributed by atoms with van der Waals surface area (Å²) in [6.07, 6.45) is 0.727. The van der Waals surface area contributed by atoms with Gasteiger partial charge in [-0.05, 0) is 43.0 Å². The van der Waals surface area contributed by atoms with E-state index in [1.54, 1.807) is 13.2 Å². The zero-order valence-corrected chi connectivity index (χ0v) is 13.6. The summed E-state index contributed by atoms with van der Waals surface area (Å²) in [4.78, 5) is 0.366. The number of halogens is 1. The maximum atomic E-state index is 12.8. The Labute approximate surface area is 125 Å². The molecular formula is C14H20ClNO3S. The third-order valence-electron chi connectivity index (χ3n) is 3.89. The predicted molar refractivity (Wildman–Crippen MR) is 79.6 cm³/mol. The average molecular weight is 318 g/mol. The smallest absolute Gasteiger partial charge is 0.243 e. The monoisotopic (exact) mass is 317 g/mol. The lowest BCUT2D eigenvalue weighted by molar-refractivity contribution is 0.115. The molecule has 0 saturated carbocycles. The average Bonchev–Trinajstić information content (AvgIpc) is 2.91. The van der Waals surface area contributed by atoms with Crippen LogP contribution in [0.1, 0.15) is 23.1 Å². The molecule has 1 atom stereocenters. The van der Waals surface area contributed by atoms with Gasteiger partial charge in [-0.3, -0.25) is 0 Å². The minimum atomic E-state index is -3.47. The van der Waals surface area contributed by atoms with Crippen molar-refractivity contribution < 1.29 is 13.2 Å². The molecule has 0 amide bonds. The van der Waals surface area contributed by atoms with Crippen molar-refractivity contribution >= 4 is 21.6 Å². The number of benzene rings is 1. The van der Waals surface area contributed by atoms with E-state index < -0.39 is 10.0 Å². The molecule has 6 heteroatoms. The van der Waals surface area contributed by atoms with Crippen LogP contribution < -0.4 is 0 Å². The van der Waals surface area contributed by atoms with Gasteiger partial charge in [0.1, 0.15) is 0 Å². The molecule has 2 rings (SSSR count). The Morgan fingerprint density at radius 1 is 1.40 bits per heavy atom. The van der Waals surface area contributed by atoms with E-state index in [2.05, 4.69) is 0 Å². The number of ether oxygens (including phenoxy) is 1. The van der Waals surface area contributed by atoms with E-state index in [1.165, 1.54) is 4.31 Å². The number of hydrogen-bond acceptors (Lipinski definition) is 3. The molecule has 0 aliphatic carbocycles. The Kier molecular flexibility index (Phi) is 4.74. The van der Waals surface area contributed by atoms with E-state index in [9.17, 15) is 8.42 Å². The predicted octanol–water partition coefficient (Wildman–Crippen LogP) is 2.45. The van der Waals surface area contributed by atoms with Gasteiger partial charge in [-0.25, -0.2) is 8.42 Å². The maximum Gasteiger partial charge on any atom is 0.243 e. The SMILES string of the molecule is COC1CCN(S(=O)(=O)c2cc(CCl)cc(C)c2C)C1. The number of nitrogens with zero attached hydrogens (tertiary/aromatic N) is 1. The molecule has 0 N–H and O–H groups in total. The van der Waals surface area contributed by atoms with Crippen LogP contribution in [0.4, 0.5) is 0 Å². The summed E-state index contributed by atoms with van der Waals surface area (Å²) in [5.74, 6) is 0.310. The van der Waals surface area contributed by atoms with Crippen LogP contribution in [0.5, 0.6) is 0 Å². The first-order valence-electron chi connectivity index (χ1n) is 6.59. The molecule has 1 saturated heterocycles. The fourth-order valence-electron chi connectivity index (χ4n) is 2.49. The van der Waals surface area contributed by atoms with Crippen molar-refractivity contribution in [2.45, 2.75) is 37.1 Å². The van der Waals surface area contributed by atoms with Crippen LogP contribution in [0.25, 0.3) is 0 Å². The first-order valence-corrected chi connectivity index (χ1v) is 8.56. The zero-order valence-electron chi connectivity index (χ0n) is 12.0. The van der Waals surface area contributed by atoms with E-state index in [-0.39, 0.29) is 6.10 Å². The molecule has 0 aromatic heterocycles. The molecule has 1 fully saturated rings. The van der Waals surface area contributed by atoms with Gasteiger partial charge in [0.15, 0.2) is 0 Å². The second-order valence-electron chi connectivity index (χ2n) is 5.18. The number of sulfonamides is 1. The molecule has 0 bridgehead atoms. The van der Waals surface area contributed by atoms with Gasteiger partial charge in [0.05, 0.1) is 11.0 Å². The highest BCUT2D eigenvalue weighted by Crippen LogP contribution is 2.27. The molecule has 1 unspecified atom stereocenters. The van der Waals surface area contributed by atoms with Crippen molar-refractivity contribution in [1.82, 2.24) is 4.31 Å². The second kappa shape index (κ2) is 6.02. The minimum absolute atomic E-state index is 0.0117. The number of aryl methyl sites for hydroxylation is 1. The van der Waals surface area contributed by atoms with E-state index in [1.807, 2.05) is 19.9 Å². The van der Waals surface area contributed by atoms with Crippen LogP contribution in [0, 0.1) is 13.8 Å². The van der Waals surface area contributed by atoms with Crippen molar-refractivity contribution in [3.63, 3.8) is 0 Å². The van der Waals surface area contributed by atoms with Gasteiger partial charge in [0, 0.05) is 26.1 Å². The number of methoxy groups -OCH3 is 1. The Balaban J connectivity index is 2.42. The Bertz CT molecular complexity index is 601. The minimum Gasteiger partial charge on any atom is -0.380 e. The highest BCUT2D eigenvalue weighted by molar-refractivity contribution is 7.89. The largest absolute Gasteiger partial charge is 0.380 e. The van der Waals surface area contributed by atoms with Gasteiger partial charge in [-0.1, -0.05) is 6.07 Å². The molecule has 0 radical (unpaired) electrons. The van der Waals surface area contributed by atoms with Crippen molar-refractivity contribution in [3.8, 4) is 0 Å². The van der Waals surface area contributed by atoms with Gasteiger partial charge >= 0.3 is 0 Å². The second-order valence-corrected chi connectivity index (χ2v) is 7.35. The number of alkyl halides is 1. The molecule has 1 aliphatic heterocycles. The van der Waals surface area contributed by atoms with Crippen LogP contribution in [-0.4, -0.2) is 39.0 Å². The molecule has 0 spiro atoms. The normalized spacial score (nSPS) is 20.5. The van der Waals surface area contributed by atoms with Crippen LogP contribution in [0.15, 0.2) is 17.0 Å².